The van der Waals surface area contributed by atoms with Crippen LogP contribution in [0.4, 0.5) is 0 Å². The zero-order chi connectivity index (χ0) is 17.8. The Morgan fingerprint density at radius 3 is 2.50 bits per heavy atom. The summed E-state index contributed by atoms with van der Waals surface area (Å²) in [6, 6.07) is 0. The van der Waals surface area contributed by atoms with Gasteiger partial charge in [-0.1, -0.05) is 26.3 Å². The van der Waals surface area contributed by atoms with Crippen molar-refractivity contribution in [2.75, 3.05) is 13.2 Å². The average molecular weight is 336 g/mol. The van der Waals surface area contributed by atoms with E-state index >= 15 is 0 Å². The number of hydrogen-bond donors (Lipinski definition) is 2. The number of aliphatic hydroxyl groups excluding tert-OH is 2. The first-order valence-corrected chi connectivity index (χ1v) is 9.27. The molecular weight excluding hydrogens is 304 g/mol. The number of ether oxygens (including phenoxy) is 1. The van der Waals surface area contributed by atoms with Gasteiger partial charge in [0.1, 0.15) is 11.4 Å². The highest BCUT2D eigenvalue weighted by Crippen LogP contribution is 2.64. The fraction of sp³-hybridized carbons (Fsp3) is 0.850. The minimum absolute atomic E-state index is 0.0660. The van der Waals surface area contributed by atoms with Crippen LogP contribution in [0.15, 0.2) is 12.7 Å². The standard InChI is InChI=1S/C20H32O4/c1-5-20(13-22)10-7-15-18(3)9-6-8-17(2,12-21)16(18)14(23)11-19(15,4)24-20/h5,15-16,21-22H,1,6-13H2,2-4H3/t15-,16+,17-,18+,19+,20+/m1/s1. The molecule has 1 saturated heterocycles. The zero-order valence-electron chi connectivity index (χ0n) is 15.3. The summed E-state index contributed by atoms with van der Waals surface area (Å²) in [7, 11) is 0. The lowest BCUT2D eigenvalue weighted by atomic mass is 9.43. The Bertz CT molecular complexity index is 546. The molecule has 0 spiro atoms. The van der Waals surface area contributed by atoms with Crippen LogP contribution in [-0.4, -0.2) is 40.4 Å². The molecule has 0 aromatic carbocycles. The molecule has 0 bridgehead atoms. The lowest BCUT2D eigenvalue weighted by Crippen LogP contribution is -2.67. The monoisotopic (exact) mass is 336 g/mol. The van der Waals surface area contributed by atoms with Gasteiger partial charge in [0.05, 0.1) is 12.2 Å². The molecule has 4 nitrogen and oxygen atoms in total. The van der Waals surface area contributed by atoms with Gasteiger partial charge in [0, 0.05) is 24.4 Å². The average Bonchev–Trinajstić information content (AvgIpc) is 2.53. The smallest absolute Gasteiger partial charge is 0.140 e. The van der Waals surface area contributed by atoms with Gasteiger partial charge in [-0.3, -0.25) is 4.79 Å². The van der Waals surface area contributed by atoms with E-state index in [0.717, 1.165) is 32.1 Å². The van der Waals surface area contributed by atoms with Gasteiger partial charge in [0.15, 0.2) is 0 Å². The molecule has 4 heteroatoms. The molecule has 3 fully saturated rings. The van der Waals surface area contributed by atoms with E-state index in [0.29, 0.717) is 6.42 Å². The molecule has 6 atom stereocenters. The normalized spacial score (nSPS) is 51.6. The second-order valence-electron chi connectivity index (χ2n) is 9.18. The summed E-state index contributed by atoms with van der Waals surface area (Å²) in [5.74, 6) is 0.375. The van der Waals surface area contributed by atoms with Gasteiger partial charge in [-0.05, 0) is 43.9 Å². The first-order valence-electron chi connectivity index (χ1n) is 9.27. The summed E-state index contributed by atoms with van der Waals surface area (Å²) < 4.78 is 6.40. The maximum absolute atomic E-state index is 13.2. The van der Waals surface area contributed by atoms with Crippen molar-refractivity contribution >= 4 is 5.78 Å². The fourth-order valence-electron chi connectivity index (χ4n) is 6.49. The molecule has 2 saturated carbocycles. The maximum Gasteiger partial charge on any atom is 0.140 e. The van der Waals surface area contributed by atoms with Crippen LogP contribution in [-0.2, 0) is 9.53 Å². The molecule has 0 amide bonds. The minimum atomic E-state index is -0.732. The molecule has 24 heavy (non-hydrogen) atoms. The summed E-state index contributed by atoms with van der Waals surface area (Å²) in [5.41, 5.74) is -1.77. The number of aliphatic hydroxyl groups is 2. The van der Waals surface area contributed by atoms with Crippen molar-refractivity contribution in [2.24, 2.45) is 22.7 Å². The van der Waals surface area contributed by atoms with Crippen molar-refractivity contribution in [3.8, 4) is 0 Å². The van der Waals surface area contributed by atoms with Crippen molar-refractivity contribution < 1.29 is 19.7 Å². The quantitative estimate of drug-likeness (QED) is 0.778. The van der Waals surface area contributed by atoms with E-state index < -0.39 is 11.2 Å². The van der Waals surface area contributed by atoms with E-state index in [1.54, 1.807) is 6.08 Å². The first kappa shape index (κ1) is 18.1. The number of fused-ring (bicyclic) bond motifs is 3. The molecular formula is C20H32O4. The van der Waals surface area contributed by atoms with E-state index in [1.807, 2.05) is 6.92 Å². The van der Waals surface area contributed by atoms with Gasteiger partial charge in [-0.2, -0.15) is 0 Å². The van der Waals surface area contributed by atoms with Crippen molar-refractivity contribution in [3.63, 3.8) is 0 Å². The Morgan fingerprint density at radius 2 is 1.92 bits per heavy atom. The largest absolute Gasteiger partial charge is 0.396 e. The Morgan fingerprint density at radius 1 is 1.21 bits per heavy atom. The third-order valence-electron chi connectivity index (χ3n) is 7.49. The van der Waals surface area contributed by atoms with Crippen LogP contribution in [0.25, 0.3) is 0 Å². The van der Waals surface area contributed by atoms with Crippen LogP contribution in [0.3, 0.4) is 0 Å². The molecule has 3 rings (SSSR count). The van der Waals surface area contributed by atoms with Gasteiger partial charge in [0.25, 0.3) is 0 Å². The lowest BCUT2D eigenvalue weighted by Gasteiger charge is -2.64. The van der Waals surface area contributed by atoms with Crippen molar-refractivity contribution in [2.45, 2.75) is 70.5 Å². The van der Waals surface area contributed by atoms with Crippen molar-refractivity contribution in [1.82, 2.24) is 0 Å². The van der Waals surface area contributed by atoms with Crippen LogP contribution >= 0.6 is 0 Å². The van der Waals surface area contributed by atoms with E-state index in [9.17, 15) is 15.0 Å². The molecule has 1 aliphatic heterocycles. The van der Waals surface area contributed by atoms with Crippen LogP contribution in [0, 0.1) is 22.7 Å². The number of carbonyl (C=O) groups is 1. The summed E-state index contributed by atoms with van der Waals surface area (Å²) in [6.45, 7) is 10.2. The highest BCUT2D eigenvalue weighted by Gasteiger charge is 2.65. The van der Waals surface area contributed by atoms with Crippen molar-refractivity contribution in [3.05, 3.63) is 12.7 Å². The Kier molecular flexibility index (Phi) is 4.26. The maximum atomic E-state index is 13.2. The Labute approximate surface area is 145 Å². The minimum Gasteiger partial charge on any atom is -0.396 e. The summed E-state index contributed by atoms with van der Waals surface area (Å²) in [6.07, 6.45) is 6.67. The van der Waals surface area contributed by atoms with Gasteiger partial charge >= 0.3 is 0 Å². The highest BCUT2D eigenvalue weighted by molar-refractivity contribution is 5.85. The predicted molar refractivity (Wildman–Crippen MR) is 92.5 cm³/mol. The Balaban J connectivity index is 2.02. The summed E-state index contributed by atoms with van der Waals surface area (Å²) in [4.78, 5) is 13.2. The van der Waals surface area contributed by atoms with Crippen LogP contribution in [0.2, 0.25) is 0 Å². The highest BCUT2D eigenvalue weighted by atomic mass is 16.5. The lowest BCUT2D eigenvalue weighted by molar-refractivity contribution is -0.256. The van der Waals surface area contributed by atoms with E-state index in [1.165, 1.54) is 0 Å². The molecule has 0 aromatic rings. The van der Waals surface area contributed by atoms with Crippen LogP contribution < -0.4 is 0 Å². The molecule has 0 unspecified atom stereocenters. The topological polar surface area (TPSA) is 66.8 Å². The van der Waals surface area contributed by atoms with E-state index in [-0.39, 0.29) is 41.7 Å². The third kappa shape index (κ3) is 2.33. The predicted octanol–water partition coefficient (Wildman–Crippen LogP) is 2.87. The second-order valence-corrected chi connectivity index (χ2v) is 9.18. The molecule has 3 aliphatic rings. The first-order chi connectivity index (χ1) is 11.2. The Hall–Kier alpha value is -0.710. The molecule has 2 N–H and O–H groups in total. The van der Waals surface area contributed by atoms with Gasteiger partial charge < -0.3 is 14.9 Å². The number of rotatable bonds is 3. The number of hydrogen-bond acceptors (Lipinski definition) is 4. The van der Waals surface area contributed by atoms with E-state index in [2.05, 4.69) is 20.4 Å². The van der Waals surface area contributed by atoms with Crippen LogP contribution in [0.1, 0.15) is 59.3 Å². The summed E-state index contributed by atoms with van der Waals surface area (Å²) >= 11 is 0. The number of ketones is 1. The van der Waals surface area contributed by atoms with Crippen LogP contribution in [0.5, 0.6) is 0 Å². The number of carbonyl (C=O) groups excluding carboxylic acids is 1. The molecule has 0 aromatic heterocycles. The van der Waals surface area contributed by atoms with Crippen molar-refractivity contribution in [1.29, 1.82) is 0 Å². The van der Waals surface area contributed by atoms with Gasteiger partial charge in [-0.25, -0.2) is 0 Å². The zero-order valence-corrected chi connectivity index (χ0v) is 15.3. The molecule has 1 heterocycles. The molecule has 136 valence electrons. The molecule has 0 radical (unpaired) electrons. The van der Waals surface area contributed by atoms with Gasteiger partial charge in [-0.15, -0.1) is 6.58 Å². The number of Topliss-reactive ketones (excluding diaryl/α,β-unsaturated/α-hetero) is 1. The SMILES string of the molecule is C=C[C@@]1(CO)CC[C@@H]2[C@]3(C)CCC[C@](C)(CO)[C@@H]3C(=O)C[C@]2(C)O1. The van der Waals surface area contributed by atoms with E-state index in [4.69, 9.17) is 4.74 Å². The second kappa shape index (κ2) is 5.65. The summed E-state index contributed by atoms with van der Waals surface area (Å²) in [5, 5.41) is 19.8. The fourth-order valence-corrected chi connectivity index (χ4v) is 6.49. The third-order valence-corrected chi connectivity index (χ3v) is 7.49. The van der Waals surface area contributed by atoms with Gasteiger partial charge in [0.2, 0.25) is 0 Å². The molecule has 2 aliphatic carbocycles.